The van der Waals surface area contributed by atoms with Crippen LogP contribution in [0.3, 0.4) is 0 Å². The van der Waals surface area contributed by atoms with Gasteiger partial charge in [-0.25, -0.2) is 4.39 Å². The van der Waals surface area contributed by atoms with E-state index in [0.29, 0.717) is 21.6 Å². The molecule has 0 saturated carbocycles. The lowest BCUT2D eigenvalue weighted by molar-refractivity contribution is -0.117. The lowest BCUT2D eigenvalue weighted by Gasteiger charge is -2.27. The van der Waals surface area contributed by atoms with Crippen LogP contribution in [-0.2, 0) is 4.79 Å². The second-order valence-corrected chi connectivity index (χ2v) is 8.31. The van der Waals surface area contributed by atoms with E-state index in [1.54, 1.807) is 48.5 Å². The summed E-state index contributed by atoms with van der Waals surface area (Å²) in [7, 11) is 0. The van der Waals surface area contributed by atoms with Gasteiger partial charge in [0, 0.05) is 16.1 Å². The SMILES string of the molecule is O=C(C1=C(O)C(=O)N(c2ccc(F)c(Cl)c2)C1c1ccccc1)c1cc2cc(Cl)ccc2o1. The molecule has 1 atom stereocenters. The fourth-order valence-electron chi connectivity index (χ4n) is 3.95. The summed E-state index contributed by atoms with van der Waals surface area (Å²) in [5.41, 5.74) is 1.08. The summed E-state index contributed by atoms with van der Waals surface area (Å²) in [5.74, 6) is -2.89. The molecule has 5 nitrogen and oxygen atoms in total. The Morgan fingerprint density at radius 1 is 1.00 bits per heavy atom. The fourth-order valence-corrected chi connectivity index (χ4v) is 4.30. The van der Waals surface area contributed by atoms with E-state index in [1.165, 1.54) is 23.1 Å². The number of nitrogens with zero attached hydrogens (tertiary/aromatic N) is 1. The van der Waals surface area contributed by atoms with E-state index in [1.807, 2.05) is 0 Å². The average molecular weight is 482 g/mol. The quantitative estimate of drug-likeness (QED) is 0.330. The number of halogens is 3. The van der Waals surface area contributed by atoms with Gasteiger partial charge < -0.3 is 9.52 Å². The van der Waals surface area contributed by atoms with Crippen LogP contribution in [0.1, 0.15) is 22.2 Å². The molecule has 1 amide bonds. The number of hydrogen-bond acceptors (Lipinski definition) is 4. The molecule has 0 spiro atoms. The molecule has 1 aliphatic rings. The number of fused-ring (bicyclic) bond motifs is 1. The summed E-state index contributed by atoms with van der Waals surface area (Å²) >= 11 is 12.0. The second-order valence-electron chi connectivity index (χ2n) is 7.47. The Hall–Kier alpha value is -3.61. The second kappa shape index (κ2) is 8.06. The number of aliphatic hydroxyl groups excluding tert-OH is 1. The van der Waals surface area contributed by atoms with Gasteiger partial charge in [0.1, 0.15) is 11.4 Å². The molecular formula is C25H14Cl2FNO4. The third-order valence-electron chi connectivity index (χ3n) is 5.45. The van der Waals surface area contributed by atoms with Gasteiger partial charge in [0.2, 0.25) is 5.78 Å². The monoisotopic (exact) mass is 481 g/mol. The van der Waals surface area contributed by atoms with Gasteiger partial charge in [0.05, 0.1) is 16.6 Å². The van der Waals surface area contributed by atoms with E-state index in [0.717, 1.165) is 6.07 Å². The Morgan fingerprint density at radius 3 is 2.48 bits per heavy atom. The molecule has 0 radical (unpaired) electrons. The number of ketones is 1. The molecule has 1 unspecified atom stereocenters. The Kier molecular flexibility index (Phi) is 5.19. The highest BCUT2D eigenvalue weighted by Gasteiger charge is 2.45. The summed E-state index contributed by atoms with van der Waals surface area (Å²) < 4.78 is 19.5. The maximum absolute atomic E-state index is 13.8. The first kappa shape index (κ1) is 21.2. The Balaban J connectivity index is 1.66. The van der Waals surface area contributed by atoms with Crippen molar-refractivity contribution in [1.29, 1.82) is 0 Å². The van der Waals surface area contributed by atoms with E-state index >= 15 is 0 Å². The minimum absolute atomic E-state index is 0.0541. The minimum Gasteiger partial charge on any atom is -0.503 e. The number of rotatable bonds is 4. The standard InChI is InChI=1S/C25H14Cl2FNO4/c26-15-6-9-19-14(10-15)11-20(33-19)23(30)21-22(13-4-2-1-3-5-13)29(25(32)24(21)31)16-7-8-18(28)17(27)12-16/h1-12,22,31H. The van der Waals surface area contributed by atoms with Crippen LogP contribution in [-0.4, -0.2) is 16.8 Å². The van der Waals surface area contributed by atoms with Crippen molar-refractivity contribution in [3.8, 4) is 0 Å². The first-order chi connectivity index (χ1) is 15.8. The molecule has 0 saturated heterocycles. The number of carbonyl (C=O) groups is 2. The minimum atomic E-state index is -0.982. The number of amides is 1. The molecule has 164 valence electrons. The van der Waals surface area contributed by atoms with Crippen LogP contribution in [0.25, 0.3) is 11.0 Å². The van der Waals surface area contributed by atoms with Crippen LogP contribution >= 0.6 is 23.2 Å². The zero-order valence-electron chi connectivity index (χ0n) is 16.8. The molecule has 5 rings (SSSR count). The third kappa shape index (κ3) is 3.57. The molecule has 0 fully saturated rings. The summed E-state index contributed by atoms with van der Waals surface area (Å²) in [4.78, 5) is 27.9. The lowest BCUT2D eigenvalue weighted by atomic mass is 9.95. The maximum Gasteiger partial charge on any atom is 0.294 e. The van der Waals surface area contributed by atoms with E-state index in [2.05, 4.69) is 0 Å². The Bertz CT molecular complexity index is 1460. The summed E-state index contributed by atoms with van der Waals surface area (Å²) in [6.07, 6.45) is 0. The first-order valence-corrected chi connectivity index (χ1v) is 10.6. The van der Waals surface area contributed by atoms with Gasteiger partial charge in [-0.2, -0.15) is 0 Å². The van der Waals surface area contributed by atoms with Gasteiger partial charge >= 0.3 is 0 Å². The highest BCUT2D eigenvalue weighted by Crippen LogP contribution is 2.43. The summed E-state index contributed by atoms with van der Waals surface area (Å²) in [6.45, 7) is 0. The first-order valence-electron chi connectivity index (χ1n) is 9.85. The van der Waals surface area contributed by atoms with Crippen molar-refractivity contribution < 1.29 is 23.5 Å². The van der Waals surface area contributed by atoms with Gasteiger partial charge in [-0.1, -0.05) is 53.5 Å². The zero-order valence-corrected chi connectivity index (χ0v) is 18.3. The largest absolute Gasteiger partial charge is 0.503 e. The molecular weight excluding hydrogens is 468 g/mol. The average Bonchev–Trinajstić information content (AvgIpc) is 3.34. The van der Waals surface area contributed by atoms with Crippen molar-refractivity contribution in [1.82, 2.24) is 0 Å². The lowest BCUT2D eigenvalue weighted by Crippen LogP contribution is -2.31. The van der Waals surface area contributed by atoms with E-state index in [9.17, 15) is 19.1 Å². The van der Waals surface area contributed by atoms with Crippen molar-refractivity contribution >= 4 is 51.5 Å². The van der Waals surface area contributed by atoms with Crippen molar-refractivity contribution in [3.63, 3.8) is 0 Å². The number of anilines is 1. The molecule has 1 N–H and O–H groups in total. The molecule has 0 bridgehead atoms. The highest BCUT2D eigenvalue weighted by molar-refractivity contribution is 6.31. The Labute approximate surface area is 197 Å². The van der Waals surface area contributed by atoms with E-state index in [-0.39, 0.29) is 22.0 Å². The zero-order chi connectivity index (χ0) is 23.3. The fraction of sp³-hybridized carbons (Fsp3) is 0.0400. The van der Waals surface area contributed by atoms with Gasteiger partial charge in [0.25, 0.3) is 5.91 Å². The van der Waals surface area contributed by atoms with Crippen LogP contribution in [0.5, 0.6) is 0 Å². The van der Waals surface area contributed by atoms with E-state index < -0.39 is 29.3 Å². The molecule has 0 aliphatic carbocycles. The van der Waals surface area contributed by atoms with E-state index in [4.69, 9.17) is 27.6 Å². The molecule has 8 heteroatoms. The number of carbonyl (C=O) groups excluding carboxylic acids is 2. The van der Waals surface area contributed by atoms with Gasteiger partial charge in [-0.05, 0) is 48.0 Å². The number of hydrogen-bond donors (Lipinski definition) is 1. The van der Waals surface area contributed by atoms with Gasteiger partial charge in [-0.15, -0.1) is 0 Å². The normalized spacial score (nSPS) is 16.2. The molecule has 4 aromatic rings. The van der Waals surface area contributed by atoms with Crippen molar-refractivity contribution in [2.75, 3.05) is 4.90 Å². The molecule has 33 heavy (non-hydrogen) atoms. The van der Waals surface area contributed by atoms with Crippen LogP contribution < -0.4 is 4.90 Å². The van der Waals surface area contributed by atoms with Crippen molar-refractivity contribution in [2.45, 2.75) is 6.04 Å². The van der Waals surface area contributed by atoms with Gasteiger partial charge in [-0.3, -0.25) is 14.5 Å². The molecule has 3 aromatic carbocycles. The predicted molar refractivity (Wildman–Crippen MR) is 123 cm³/mol. The maximum atomic E-state index is 13.8. The van der Waals surface area contributed by atoms with Gasteiger partial charge in [0.15, 0.2) is 11.5 Å². The highest BCUT2D eigenvalue weighted by atomic mass is 35.5. The van der Waals surface area contributed by atoms with Crippen LogP contribution in [0.2, 0.25) is 10.0 Å². The third-order valence-corrected chi connectivity index (χ3v) is 5.98. The number of furan rings is 1. The van der Waals surface area contributed by atoms with Crippen molar-refractivity contribution in [2.24, 2.45) is 0 Å². The number of benzene rings is 3. The van der Waals surface area contributed by atoms with Crippen molar-refractivity contribution in [3.05, 3.63) is 111 Å². The van der Waals surface area contributed by atoms with Crippen LogP contribution in [0.15, 0.2) is 88.5 Å². The Morgan fingerprint density at radius 2 is 1.76 bits per heavy atom. The molecule has 2 heterocycles. The number of aliphatic hydroxyl groups is 1. The molecule has 1 aromatic heterocycles. The molecule has 1 aliphatic heterocycles. The van der Waals surface area contributed by atoms with Crippen LogP contribution in [0, 0.1) is 5.82 Å². The number of Topliss-reactive ketones (excluding diaryl/α,β-unsaturated/α-hetero) is 1. The topological polar surface area (TPSA) is 70.8 Å². The van der Waals surface area contributed by atoms with Crippen LogP contribution in [0.4, 0.5) is 10.1 Å². The summed E-state index contributed by atoms with van der Waals surface area (Å²) in [6, 6.07) is 17.9. The summed E-state index contributed by atoms with van der Waals surface area (Å²) in [5, 5.41) is 11.7. The predicted octanol–water partition coefficient (Wildman–Crippen LogP) is 6.66. The smallest absolute Gasteiger partial charge is 0.294 e.